The predicted octanol–water partition coefficient (Wildman–Crippen LogP) is 4.15. The van der Waals surface area contributed by atoms with Crippen molar-refractivity contribution in [2.75, 3.05) is 12.3 Å². The summed E-state index contributed by atoms with van der Waals surface area (Å²) in [7, 11) is 0. The van der Waals surface area contributed by atoms with Gasteiger partial charge < -0.3 is 11.1 Å². The van der Waals surface area contributed by atoms with Crippen LogP contribution in [0, 0.1) is 13.8 Å². The summed E-state index contributed by atoms with van der Waals surface area (Å²) in [6.45, 7) is 11.5. The minimum absolute atomic E-state index is 0.120. The molecule has 0 fully saturated rings. The van der Waals surface area contributed by atoms with Gasteiger partial charge in [-0.05, 0) is 60.1 Å². The molecule has 2 aromatic rings. The van der Waals surface area contributed by atoms with E-state index < -0.39 is 5.91 Å². The van der Waals surface area contributed by atoms with Crippen LogP contribution in [-0.2, 0) is 16.6 Å². The Balaban J connectivity index is 2.04. The molecule has 0 spiro atoms. The van der Waals surface area contributed by atoms with Crippen molar-refractivity contribution in [1.29, 1.82) is 0 Å². The van der Waals surface area contributed by atoms with Gasteiger partial charge in [0.25, 0.3) is 5.91 Å². The lowest BCUT2D eigenvalue weighted by atomic mass is 9.83. The van der Waals surface area contributed by atoms with Gasteiger partial charge in [-0.3, -0.25) is 9.59 Å². The summed E-state index contributed by atoms with van der Waals surface area (Å²) >= 11 is 1.29. The van der Waals surface area contributed by atoms with Crippen LogP contribution in [0.2, 0.25) is 0 Å². The predicted molar refractivity (Wildman–Crippen MR) is 117 cm³/mol. The molecule has 5 heteroatoms. The van der Waals surface area contributed by atoms with Gasteiger partial charge in [0, 0.05) is 11.4 Å². The number of thioether (sulfide) groups is 1. The van der Waals surface area contributed by atoms with Gasteiger partial charge in [0.2, 0.25) is 5.91 Å². The summed E-state index contributed by atoms with van der Waals surface area (Å²) in [6.07, 6.45) is 0.782. The van der Waals surface area contributed by atoms with Gasteiger partial charge in [-0.1, -0.05) is 45.0 Å². The van der Waals surface area contributed by atoms with Crippen molar-refractivity contribution in [2.24, 2.45) is 5.73 Å². The van der Waals surface area contributed by atoms with Crippen molar-refractivity contribution < 1.29 is 9.59 Å². The Labute approximate surface area is 172 Å². The second kappa shape index (κ2) is 9.28. The number of amides is 2. The molecule has 0 radical (unpaired) electrons. The Morgan fingerprint density at radius 1 is 1.07 bits per heavy atom. The lowest BCUT2D eigenvalue weighted by Crippen LogP contribution is -2.26. The van der Waals surface area contributed by atoms with E-state index in [0.29, 0.717) is 12.1 Å². The first-order valence-corrected chi connectivity index (χ1v) is 10.5. The minimum Gasteiger partial charge on any atom is -0.369 e. The molecule has 3 N–H and O–H groups in total. The van der Waals surface area contributed by atoms with E-state index in [1.807, 2.05) is 18.2 Å². The zero-order chi connectivity index (χ0) is 20.9. The highest BCUT2D eigenvalue weighted by Crippen LogP contribution is 2.27. The summed E-state index contributed by atoms with van der Waals surface area (Å²) in [4.78, 5) is 24.4. The van der Waals surface area contributed by atoms with Crippen LogP contribution in [0.3, 0.4) is 0 Å². The number of hydrogen-bond acceptors (Lipinski definition) is 3. The average Bonchev–Trinajstić information content (AvgIpc) is 2.61. The highest BCUT2D eigenvalue weighted by atomic mass is 32.2. The van der Waals surface area contributed by atoms with Gasteiger partial charge in [-0.2, -0.15) is 0 Å². The smallest absolute Gasteiger partial charge is 0.252 e. The zero-order valence-electron chi connectivity index (χ0n) is 17.4. The number of nitrogens with one attached hydrogen (secondary N) is 1. The summed E-state index contributed by atoms with van der Waals surface area (Å²) in [6, 6.07) is 11.8. The second-order valence-corrected chi connectivity index (χ2v) is 9.11. The molecule has 2 aromatic carbocycles. The number of carbonyl (C=O) groups excluding carboxylic acids is 2. The monoisotopic (exact) mass is 398 g/mol. The van der Waals surface area contributed by atoms with E-state index in [0.717, 1.165) is 11.3 Å². The first-order chi connectivity index (χ1) is 13.1. The molecule has 2 amide bonds. The van der Waals surface area contributed by atoms with Gasteiger partial charge >= 0.3 is 0 Å². The Hall–Kier alpha value is -2.27. The molecule has 0 aromatic heterocycles. The highest BCUT2D eigenvalue weighted by molar-refractivity contribution is 8.00. The van der Waals surface area contributed by atoms with Crippen molar-refractivity contribution in [1.82, 2.24) is 5.32 Å². The van der Waals surface area contributed by atoms with Crippen LogP contribution in [-0.4, -0.2) is 24.1 Å². The van der Waals surface area contributed by atoms with Gasteiger partial charge in [0.15, 0.2) is 0 Å². The third-order valence-corrected chi connectivity index (χ3v) is 5.82. The minimum atomic E-state index is -0.398. The summed E-state index contributed by atoms with van der Waals surface area (Å²) in [5.41, 5.74) is 11.0. The fraction of sp³-hybridized carbons (Fsp3) is 0.391. The summed E-state index contributed by atoms with van der Waals surface area (Å²) < 4.78 is 0. The molecule has 0 aliphatic heterocycles. The molecule has 2 rings (SSSR count). The van der Waals surface area contributed by atoms with Crippen LogP contribution < -0.4 is 11.1 Å². The van der Waals surface area contributed by atoms with Crippen molar-refractivity contribution in [3.05, 3.63) is 64.2 Å². The third-order valence-electron chi connectivity index (χ3n) is 4.72. The molecule has 0 saturated carbocycles. The van der Waals surface area contributed by atoms with Crippen LogP contribution >= 0.6 is 11.8 Å². The summed E-state index contributed by atoms with van der Waals surface area (Å²) in [5, 5.41) is 3.01. The van der Waals surface area contributed by atoms with Crippen molar-refractivity contribution in [3.63, 3.8) is 0 Å². The maximum atomic E-state index is 12.6. The van der Waals surface area contributed by atoms with E-state index >= 15 is 0 Å². The quantitative estimate of drug-likeness (QED) is 0.688. The molecule has 0 aliphatic carbocycles. The van der Waals surface area contributed by atoms with Gasteiger partial charge in [0.1, 0.15) is 0 Å². The summed E-state index contributed by atoms with van der Waals surface area (Å²) in [5.74, 6) is -0.373. The molecule has 0 heterocycles. The second-order valence-electron chi connectivity index (χ2n) is 8.10. The maximum Gasteiger partial charge on any atom is 0.252 e. The maximum absolute atomic E-state index is 12.6. The Kier molecular flexibility index (Phi) is 7.30. The Morgan fingerprint density at radius 3 is 2.25 bits per heavy atom. The van der Waals surface area contributed by atoms with E-state index in [4.69, 9.17) is 5.73 Å². The number of hydrogen-bond donors (Lipinski definition) is 2. The lowest BCUT2D eigenvalue weighted by Gasteiger charge is -2.22. The largest absolute Gasteiger partial charge is 0.369 e. The first kappa shape index (κ1) is 22.0. The zero-order valence-corrected chi connectivity index (χ0v) is 18.2. The average molecular weight is 399 g/mol. The van der Waals surface area contributed by atoms with Gasteiger partial charge in [-0.25, -0.2) is 0 Å². The van der Waals surface area contributed by atoms with Gasteiger partial charge in [0.05, 0.1) is 11.3 Å². The lowest BCUT2D eigenvalue weighted by molar-refractivity contribution is -0.115. The van der Waals surface area contributed by atoms with Crippen LogP contribution in [0.25, 0.3) is 0 Å². The molecule has 0 atom stereocenters. The standard InChI is InChI=1S/C23H30N2O2S/c1-15-12-17(23(3,4)5)13-16(2)18(15)10-11-25-22(27)19-8-6-7-9-20(19)28-14-21(24)26/h6-9,12-13H,10-11,14H2,1-5H3,(H2,24,26)(H,25,27). The molecule has 0 unspecified atom stereocenters. The Morgan fingerprint density at radius 2 is 1.68 bits per heavy atom. The van der Waals surface area contributed by atoms with E-state index in [-0.39, 0.29) is 17.1 Å². The van der Waals surface area contributed by atoms with E-state index in [2.05, 4.69) is 52.1 Å². The van der Waals surface area contributed by atoms with E-state index in [1.54, 1.807) is 6.07 Å². The van der Waals surface area contributed by atoms with Gasteiger partial charge in [-0.15, -0.1) is 11.8 Å². The molecule has 4 nitrogen and oxygen atoms in total. The molecule has 0 bridgehead atoms. The van der Waals surface area contributed by atoms with Crippen LogP contribution in [0.5, 0.6) is 0 Å². The number of nitrogens with two attached hydrogens (primary N) is 1. The number of carbonyl (C=O) groups is 2. The van der Waals surface area contributed by atoms with Crippen molar-refractivity contribution >= 4 is 23.6 Å². The van der Waals surface area contributed by atoms with Crippen LogP contribution in [0.15, 0.2) is 41.3 Å². The van der Waals surface area contributed by atoms with Crippen LogP contribution in [0.1, 0.15) is 53.4 Å². The number of aryl methyl sites for hydroxylation is 2. The SMILES string of the molecule is Cc1cc(C(C)(C)C)cc(C)c1CCNC(=O)c1ccccc1SCC(N)=O. The fourth-order valence-electron chi connectivity index (χ4n) is 3.15. The van der Waals surface area contributed by atoms with E-state index in [1.165, 1.54) is 34.0 Å². The highest BCUT2D eigenvalue weighted by Gasteiger charge is 2.17. The van der Waals surface area contributed by atoms with Crippen molar-refractivity contribution in [3.8, 4) is 0 Å². The molecule has 28 heavy (non-hydrogen) atoms. The fourth-order valence-corrected chi connectivity index (χ4v) is 3.93. The normalized spacial score (nSPS) is 11.3. The molecule has 0 aliphatic rings. The molecule has 150 valence electrons. The molecule has 0 saturated heterocycles. The Bertz CT molecular complexity index is 846. The van der Waals surface area contributed by atoms with Crippen molar-refractivity contribution in [2.45, 2.75) is 51.3 Å². The molecular weight excluding hydrogens is 368 g/mol. The first-order valence-electron chi connectivity index (χ1n) is 9.48. The molecular formula is C23H30N2O2S. The number of rotatable bonds is 7. The third kappa shape index (κ3) is 5.86. The van der Waals surface area contributed by atoms with E-state index in [9.17, 15) is 9.59 Å². The number of primary amides is 1. The number of benzene rings is 2. The van der Waals surface area contributed by atoms with Crippen LogP contribution in [0.4, 0.5) is 0 Å². The topological polar surface area (TPSA) is 72.2 Å².